The van der Waals surface area contributed by atoms with E-state index >= 15 is 0 Å². The van der Waals surface area contributed by atoms with Gasteiger partial charge in [-0.2, -0.15) is 0 Å². The second kappa shape index (κ2) is 6.98. The first kappa shape index (κ1) is 13.6. The molecule has 0 aliphatic rings. The van der Waals surface area contributed by atoms with Crippen LogP contribution in [0.25, 0.3) is 0 Å². The van der Waals surface area contributed by atoms with Crippen LogP contribution in [0.15, 0.2) is 0 Å². The average Bonchev–Trinajstić information content (AvgIpc) is 2.04. The Bertz CT molecular complexity index is 202. The number of ether oxygens (including phenoxy) is 1. The van der Waals surface area contributed by atoms with E-state index < -0.39 is 16.0 Å². The van der Waals surface area contributed by atoms with E-state index in [1.165, 1.54) is 0 Å². The van der Waals surface area contributed by atoms with Crippen molar-refractivity contribution in [2.45, 2.75) is 39.4 Å². The van der Waals surface area contributed by atoms with Crippen molar-refractivity contribution in [3.63, 3.8) is 0 Å². The maximum atomic E-state index is 11.7. The molecule has 0 aromatic heterocycles. The molecule has 0 rings (SSSR count). The molecule has 0 bridgehead atoms. The van der Waals surface area contributed by atoms with Crippen LogP contribution < -0.4 is 0 Å². The van der Waals surface area contributed by atoms with Gasteiger partial charge < -0.3 is 4.74 Å². The summed E-state index contributed by atoms with van der Waals surface area (Å²) < 4.78 is 16.6. The van der Waals surface area contributed by atoms with Crippen LogP contribution >= 0.6 is 0 Å². The number of carbonyl (C=O) groups is 1. The topological polar surface area (TPSA) is 43.4 Å². The van der Waals surface area contributed by atoms with Crippen molar-refractivity contribution in [1.29, 1.82) is 0 Å². The lowest BCUT2D eigenvalue weighted by molar-refractivity contribution is -0.142. The molecular weight excluding hydrogens is 200 g/mol. The normalized spacial score (nSPS) is 15.2. The predicted octanol–water partition coefficient (Wildman–Crippen LogP) is 1.73. The zero-order chi connectivity index (χ0) is 11.1. The van der Waals surface area contributed by atoms with E-state index in [1.807, 2.05) is 20.8 Å². The highest BCUT2D eigenvalue weighted by Gasteiger charge is 2.24. The van der Waals surface area contributed by atoms with E-state index in [1.54, 1.807) is 6.92 Å². The van der Waals surface area contributed by atoms with Gasteiger partial charge in [0.2, 0.25) is 0 Å². The van der Waals surface area contributed by atoms with Gasteiger partial charge in [0.15, 0.2) is 0 Å². The Kier molecular flexibility index (Phi) is 6.79. The van der Waals surface area contributed by atoms with Crippen molar-refractivity contribution < 1.29 is 13.7 Å². The Morgan fingerprint density at radius 3 is 2.29 bits per heavy atom. The largest absolute Gasteiger partial charge is 0.465 e. The summed E-state index contributed by atoms with van der Waals surface area (Å²) >= 11 is 0. The first-order chi connectivity index (χ1) is 6.52. The molecule has 84 valence electrons. The van der Waals surface area contributed by atoms with Crippen molar-refractivity contribution >= 4 is 16.8 Å². The molecule has 0 heterocycles. The quantitative estimate of drug-likeness (QED) is 0.640. The van der Waals surface area contributed by atoms with Crippen LogP contribution in [-0.4, -0.2) is 27.8 Å². The molecule has 0 saturated carbocycles. The summed E-state index contributed by atoms with van der Waals surface area (Å²) in [6.45, 7) is 7.97. The van der Waals surface area contributed by atoms with Gasteiger partial charge >= 0.3 is 5.97 Å². The van der Waals surface area contributed by atoms with Crippen LogP contribution in [0.2, 0.25) is 0 Å². The number of hydrogen-bond acceptors (Lipinski definition) is 3. The van der Waals surface area contributed by atoms with Crippen molar-refractivity contribution in [2.24, 2.45) is 5.92 Å². The van der Waals surface area contributed by atoms with Gasteiger partial charge in [0.25, 0.3) is 0 Å². The molecule has 0 N–H and O–H groups in total. The standard InChI is InChI=1S/C10H20O3S/c1-5-9(10(11)13-6-2)14(12)7-8(3)4/h8-9H,5-7H2,1-4H3. The van der Waals surface area contributed by atoms with E-state index in [4.69, 9.17) is 4.74 Å². The van der Waals surface area contributed by atoms with E-state index in [9.17, 15) is 9.00 Å². The van der Waals surface area contributed by atoms with Gasteiger partial charge in [0.1, 0.15) is 5.25 Å². The third kappa shape index (κ3) is 4.74. The molecular formula is C10H20O3S. The van der Waals surface area contributed by atoms with Crippen LogP contribution in [0.4, 0.5) is 0 Å². The van der Waals surface area contributed by atoms with Crippen LogP contribution in [-0.2, 0) is 20.3 Å². The van der Waals surface area contributed by atoms with Gasteiger partial charge in [-0.3, -0.25) is 9.00 Å². The first-order valence-electron chi connectivity index (χ1n) is 5.06. The first-order valence-corrected chi connectivity index (χ1v) is 6.44. The number of rotatable bonds is 6. The fraction of sp³-hybridized carbons (Fsp3) is 0.900. The van der Waals surface area contributed by atoms with Gasteiger partial charge in [-0.1, -0.05) is 20.8 Å². The monoisotopic (exact) mass is 220 g/mol. The van der Waals surface area contributed by atoms with Crippen molar-refractivity contribution in [2.75, 3.05) is 12.4 Å². The minimum atomic E-state index is -1.09. The summed E-state index contributed by atoms with van der Waals surface area (Å²) in [5.74, 6) is 0.588. The molecule has 4 heteroatoms. The van der Waals surface area contributed by atoms with Crippen molar-refractivity contribution in [3.05, 3.63) is 0 Å². The van der Waals surface area contributed by atoms with E-state index in [-0.39, 0.29) is 5.97 Å². The summed E-state index contributed by atoms with van der Waals surface area (Å²) in [5.41, 5.74) is 0. The molecule has 2 atom stereocenters. The summed E-state index contributed by atoms with van der Waals surface area (Å²) in [6.07, 6.45) is 0.582. The molecule has 0 aliphatic carbocycles. The Hall–Kier alpha value is -0.380. The molecule has 14 heavy (non-hydrogen) atoms. The van der Waals surface area contributed by atoms with E-state index in [0.29, 0.717) is 24.7 Å². The highest BCUT2D eigenvalue weighted by Crippen LogP contribution is 2.08. The third-order valence-electron chi connectivity index (χ3n) is 1.74. The Labute approximate surface area is 88.7 Å². The van der Waals surface area contributed by atoms with Gasteiger partial charge in [0, 0.05) is 16.6 Å². The molecule has 0 aliphatic heterocycles. The van der Waals surface area contributed by atoms with Crippen LogP contribution in [0.1, 0.15) is 34.1 Å². The molecule has 0 fully saturated rings. The van der Waals surface area contributed by atoms with Crippen LogP contribution in [0.3, 0.4) is 0 Å². The van der Waals surface area contributed by atoms with E-state index in [0.717, 1.165) is 0 Å². The third-order valence-corrected chi connectivity index (χ3v) is 3.89. The number of carbonyl (C=O) groups excluding carboxylic acids is 1. The maximum Gasteiger partial charge on any atom is 0.321 e. The molecule has 0 amide bonds. The van der Waals surface area contributed by atoms with Crippen molar-refractivity contribution in [1.82, 2.24) is 0 Å². The smallest absolute Gasteiger partial charge is 0.321 e. The van der Waals surface area contributed by atoms with Gasteiger partial charge in [-0.05, 0) is 19.3 Å². The Balaban J connectivity index is 4.25. The Morgan fingerprint density at radius 1 is 1.36 bits per heavy atom. The van der Waals surface area contributed by atoms with Gasteiger partial charge in [-0.25, -0.2) is 0 Å². The number of hydrogen-bond donors (Lipinski definition) is 0. The fourth-order valence-electron chi connectivity index (χ4n) is 1.14. The SMILES string of the molecule is CCOC(=O)C(CC)S(=O)CC(C)C. The molecule has 2 unspecified atom stereocenters. The average molecular weight is 220 g/mol. The lowest BCUT2D eigenvalue weighted by Crippen LogP contribution is -2.30. The van der Waals surface area contributed by atoms with E-state index in [2.05, 4.69) is 0 Å². The summed E-state index contributed by atoms with van der Waals surface area (Å²) in [7, 11) is -1.09. The van der Waals surface area contributed by atoms with Crippen LogP contribution in [0.5, 0.6) is 0 Å². The highest BCUT2D eigenvalue weighted by atomic mass is 32.2. The molecule has 0 spiro atoms. The number of esters is 1. The molecule has 0 aromatic carbocycles. The highest BCUT2D eigenvalue weighted by molar-refractivity contribution is 7.86. The lowest BCUT2D eigenvalue weighted by atomic mass is 10.3. The summed E-state index contributed by atoms with van der Waals surface area (Å²) in [4.78, 5) is 11.4. The maximum absolute atomic E-state index is 11.7. The van der Waals surface area contributed by atoms with Gasteiger partial charge in [-0.15, -0.1) is 0 Å². The predicted molar refractivity (Wildman–Crippen MR) is 58.6 cm³/mol. The van der Waals surface area contributed by atoms with Gasteiger partial charge in [0.05, 0.1) is 6.61 Å². The minimum absolute atomic E-state index is 0.325. The zero-order valence-corrected chi connectivity index (χ0v) is 10.2. The second-order valence-electron chi connectivity index (χ2n) is 3.59. The Morgan fingerprint density at radius 2 is 1.93 bits per heavy atom. The summed E-state index contributed by atoms with van der Waals surface area (Å²) in [6, 6.07) is 0. The lowest BCUT2D eigenvalue weighted by Gasteiger charge is -2.14. The summed E-state index contributed by atoms with van der Waals surface area (Å²) in [5, 5.41) is -0.447. The molecule has 0 saturated heterocycles. The van der Waals surface area contributed by atoms with Crippen molar-refractivity contribution in [3.8, 4) is 0 Å². The second-order valence-corrected chi connectivity index (χ2v) is 5.25. The molecule has 0 radical (unpaired) electrons. The fourth-order valence-corrected chi connectivity index (χ4v) is 2.68. The molecule has 3 nitrogen and oxygen atoms in total. The molecule has 0 aromatic rings. The van der Waals surface area contributed by atoms with Crippen LogP contribution in [0, 0.1) is 5.92 Å². The minimum Gasteiger partial charge on any atom is -0.465 e. The zero-order valence-electron chi connectivity index (χ0n) is 9.41.